The molecule has 0 saturated heterocycles. The summed E-state index contributed by atoms with van der Waals surface area (Å²) >= 11 is 0. The molecule has 96 heavy (non-hydrogen) atoms. The molecule has 0 aliphatic heterocycles. The Morgan fingerprint density at radius 2 is 0.531 bits per heavy atom. The molecule has 3 N–H and O–H groups in total. The smallest absolute Gasteiger partial charge is 0.462 e. The largest absolute Gasteiger partial charge is 0.472 e. The van der Waals surface area contributed by atoms with Crippen LogP contribution >= 0.6 is 15.6 Å². The minimum Gasteiger partial charge on any atom is -0.462 e. The zero-order chi connectivity index (χ0) is 70.9. The first-order chi connectivity index (χ1) is 46.3. The van der Waals surface area contributed by atoms with Crippen molar-refractivity contribution in [1.82, 2.24) is 0 Å². The molecule has 0 aliphatic rings. The number of aliphatic hydroxyl groups is 1. The Morgan fingerprint density at radius 1 is 0.302 bits per heavy atom. The fourth-order valence-corrected chi connectivity index (χ4v) is 13.3. The van der Waals surface area contributed by atoms with E-state index in [2.05, 4.69) is 48.5 Å². The molecule has 0 fully saturated rings. The molecule has 6 atom stereocenters. The molecule has 17 nitrogen and oxygen atoms in total. The van der Waals surface area contributed by atoms with E-state index in [-0.39, 0.29) is 25.7 Å². The first-order valence-corrected chi connectivity index (χ1v) is 42.9. The maximum atomic E-state index is 13.1. The normalized spacial score (nSPS) is 14.3. The van der Waals surface area contributed by atoms with Crippen molar-refractivity contribution in [2.45, 2.75) is 414 Å². The van der Waals surface area contributed by atoms with Gasteiger partial charge in [-0.05, 0) is 43.4 Å². The van der Waals surface area contributed by atoms with Crippen molar-refractivity contribution in [3.63, 3.8) is 0 Å². The highest BCUT2D eigenvalue weighted by Gasteiger charge is 2.30. The molecular weight excluding hydrogens is 1260 g/mol. The van der Waals surface area contributed by atoms with E-state index in [9.17, 15) is 43.2 Å². The number of aliphatic hydroxyl groups excluding tert-OH is 1. The second-order valence-corrected chi connectivity index (χ2v) is 31.8. The number of phosphoric ester groups is 2. The van der Waals surface area contributed by atoms with Gasteiger partial charge in [0.1, 0.15) is 19.3 Å². The second kappa shape index (κ2) is 67.5. The third kappa shape index (κ3) is 69.2. The highest BCUT2D eigenvalue weighted by molar-refractivity contribution is 7.47. The molecule has 570 valence electrons. The fourth-order valence-electron chi connectivity index (χ4n) is 11.7. The highest BCUT2D eigenvalue weighted by atomic mass is 31.2. The van der Waals surface area contributed by atoms with E-state index in [0.717, 1.165) is 114 Å². The molecule has 0 saturated carbocycles. The first kappa shape index (κ1) is 94.1. The lowest BCUT2D eigenvalue weighted by Gasteiger charge is -2.21. The van der Waals surface area contributed by atoms with Crippen LogP contribution in [-0.4, -0.2) is 96.7 Å². The average Bonchev–Trinajstić information content (AvgIpc) is 1.23. The lowest BCUT2D eigenvalue weighted by Crippen LogP contribution is -2.30. The van der Waals surface area contributed by atoms with Gasteiger partial charge in [-0.3, -0.25) is 37.3 Å². The fraction of sp³-hybridized carbons (Fsp3) is 0.948. The monoisotopic (exact) mass is 1410 g/mol. The van der Waals surface area contributed by atoms with E-state index in [1.165, 1.54) is 199 Å². The maximum Gasteiger partial charge on any atom is 0.472 e. The molecule has 0 aromatic heterocycles. The van der Waals surface area contributed by atoms with E-state index in [1.807, 2.05) is 0 Å². The number of carbonyl (C=O) groups is 4. The number of ether oxygens (including phenoxy) is 4. The number of unbranched alkanes of at least 4 members (excludes halogenated alkanes) is 42. The SMILES string of the molecule is CCCCCCCCCCCCCCCCCCCC(=O)OC[C@H](COP(=O)(O)OC[C@@H](O)COP(=O)(O)OC[C@@H](COC(=O)CCCCCCCCC(C)CC)OC(=O)CCCCCCCCCCCC(C)C)OC(=O)CCCCCCCCCCCCCCCCC(C)C. The second-order valence-electron chi connectivity index (χ2n) is 28.9. The van der Waals surface area contributed by atoms with Crippen molar-refractivity contribution in [3.8, 4) is 0 Å². The van der Waals surface area contributed by atoms with Gasteiger partial charge >= 0.3 is 39.5 Å². The molecule has 0 amide bonds. The van der Waals surface area contributed by atoms with Crippen LogP contribution in [0.3, 0.4) is 0 Å². The van der Waals surface area contributed by atoms with Gasteiger partial charge in [-0.1, -0.05) is 344 Å². The zero-order valence-electron chi connectivity index (χ0n) is 62.8. The van der Waals surface area contributed by atoms with Gasteiger partial charge in [-0.25, -0.2) is 9.13 Å². The van der Waals surface area contributed by atoms with Crippen LogP contribution in [0, 0.1) is 17.8 Å². The third-order valence-corrected chi connectivity index (χ3v) is 20.1. The molecule has 0 aromatic carbocycles. The molecule has 0 heterocycles. The van der Waals surface area contributed by atoms with Gasteiger partial charge in [0.25, 0.3) is 0 Å². The van der Waals surface area contributed by atoms with Crippen LogP contribution in [0.1, 0.15) is 395 Å². The summed E-state index contributed by atoms with van der Waals surface area (Å²) in [5, 5.41) is 10.6. The minimum atomic E-state index is -4.96. The lowest BCUT2D eigenvalue weighted by molar-refractivity contribution is -0.161. The van der Waals surface area contributed by atoms with Crippen LogP contribution in [0.4, 0.5) is 0 Å². The predicted octanol–water partition coefficient (Wildman–Crippen LogP) is 22.6. The molecule has 0 spiro atoms. The van der Waals surface area contributed by atoms with Gasteiger partial charge in [0.2, 0.25) is 0 Å². The summed E-state index contributed by atoms with van der Waals surface area (Å²) in [6.07, 6.45) is 54.2. The Balaban J connectivity index is 5.24. The van der Waals surface area contributed by atoms with Crippen LogP contribution in [-0.2, 0) is 65.4 Å². The van der Waals surface area contributed by atoms with Gasteiger partial charge in [0, 0.05) is 25.7 Å². The Bertz CT molecular complexity index is 1870. The van der Waals surface area contributed by atoms with Crippen LogP contribution in [0.5, 0.6) is 0 Å². The first-order valence-electron chi connectivity index (χ1n) is 39.9. The van der Waals surface area contributed by atoms with E-state index in [1.54, 1.807) is 0 Å². The van der Waals surface area contributed by atoms with E-state index in [4.69, 9.17) is 37.0 Å². The van der Waals surface area contributed by atoms with Gasteiger partial charge < -0.3 is 33.8 Å². The Hall–Kier alpha value is -1.94. The predicted molar refractivity (Wildman–Crippen MR) is 391 cm³/mol. The molecule has 0 bridgehead atoms. The molecular formula is C77H150O17P2. The van der Waals surface area contributed by atoms with Gasteiger partial charge in [-0.15, -0.1) is 0 Å². The van der Waals surface area contributed by atoms with Crippen molar-refractivity contribution in [2.75, 3.05) is 39.6 Å². The Kier molecular flexibility index (Phi) is 66.2. The average molecular weight is 1410 g/mol. The summed E-state index contributed by atoms with van der Waals surface area (Å²) in [4.78, 5) is 72.8. The van der Waals surface area contributed by atoms with Gasteiger partial charge in [0.15, 0.2) is 12.2 Å². The van der Waals surface area contributed by atoms with Crippen LogP contribution in [0.25, 0.3) is 0 Å². The Labute approximate surface area is 588 Å². The van der Waals surface area contributed by atoms with Gasteiger partial charge in [0.05, 0.1) is 26.4 Å². The van der Waals surface area contributed by atoms with E-state index in [0.29, 0.717) is 25.7 Å². The summed E-state index contributed by atoms with van der Waals surface area (Å²) in [5.74, 6) is 0.145. The highest BCUT2D eigenvalue weighted by Crippen LogP contribution is 2.45. The number of carbonyl (C=O) groups excluding carboxylic acids is 4. The van der Waals surface area contributed by atoms with Crippen LogP contribution in [0.15, 0.2) is 0 Å². The molecule has 0 radical (unpaired) electrons. The number of hydrogen-bond donors (Lipinski definition) is 3. The number of esters is 4. The molecule has 0 aromatic rings. The number of hydrogen-bond acceptors (Lipinski definition) is 15. The summed E-state index contributed by atoms with van der Waals surface area (Å²) in [7, 11) is -9.91. The van der Waals surface area contributed by atoms with Crippen LogP contribution in [0.2, 0.25) is 0 Å². The van der Waals surface area contributed by atoms with Crippen molar-refractivity contribution in [1.29, 1.82) is 0 Å². The van der Waals surface area contributed by atoms with E-state index < -0.39 is 97.5 Å². The number of rotatable bonds is 75. The molecule has 0 aliphatic carbocycles. The van der Waals surface area contributed by atoms with Crippen molar-refractivity contribution >= 4 is 39.5 Å². The minimum absolute atomic E-state index is 0.104. The number of phosphoric acid groups is 2. The summed E-state index contributed by atoms with van der Waals surface area (Å²) in [5.41, 5.74) is 0. The van der Waals surface area contributed by atoms with E-state index >= 15 is 0 Å². The van der Waals surface area contributed by atoms with Crippen LogP contribution < -0.4 is 0 Å². The standard InChI is InChI=1S/C77H150O17P2/c1-8-10-11-12-13-14-15-16-17-18-19-23-26-31-36-44-51-58-74(79)87-64-72(93-76(81)60-53-46-37-32-27-24-21-20-22-25-29-34-41-48-55-68(3)4)66-91-95(83,84)89-62-71(78)63-90-96(85,86)92-67-73(65-88-75(80)59-52-45-40-39-43-50-57-70(7)9-2)94-77(82)61-54-47-38-33-28-30-35-42-49-56-69(5)6/h68-73,78H,8-67H2,1-7H3,(H,83,84)(H,85,86)/t70?,71-,72-,73-/m1/s1. The van der Waals surface area contributed by atoms with Crippen molar-refractivity contribution < 1.29 is 80.2 Å². The third-order valence-electron chi connectivity index (χ3n) is 18.2. The molecule has 19 heteroatoms. The summed E-state index contributed by atoms with van der Waals surface area (Å²) < 4.78 is 68.6. The Morgan fingerprint density at radius 3 is 0.792 bits per heavy atom. The molecule has 3 unspecified atom stereocenters. The van der Waals surface area contributed by atoms with Crippen molar-refractivity contribution in [3.05, 3.63) is 0 Å². The quantitative estimate of drug-likeness (QED) is 0.0222. The summed E-state index contributed by atoms with van der Waals surface area (Å²) in [6.45, 7) is 11.9. The molecule has 0 rings (SSSR count). The lowest BCUT2D eigenvalue weighted by atomic mass is 10.00. The van der Waals surface area contributed by atoms with Gasteiger partial charge in [-0.2, -0.15) is 0 Å². The summed E-state index contributed by atoms with van der Waals surface area (Å²) in [6, 6.07) is 0. The van der Waals surface area contributed by atoms with Crippen molar-refractivity contribution in [2.24, 2.45) is 17.8 Å². The topological polar surface area (TPSA) is 237 Å². The maximum absolute atomic E-state index is 13.1. The zero-order valence-corrected chi connectivity index (χ0v) is 64.6.